The molecule has 0 atom stereocenters. The number of carbonyl (C=O) groups is 3. The maximum atomic E-state index is 13.9. The Morgan fingerprint density at radius 3 is 2.33 bits per heavy atom. The molecule has 0 unspecified atom stereocenters. The second-order valence-electron chi connectivity index (χ2n) is 9.96. The van der Waals surface area contributed by atoms with Gasteiger partial charge in [-0.15, -0.1) is 0 Å². The number of nitro groups is 1. The summed E-state index contributed by atoms with van der Waals surface area (Å²) in [6.07, 6.45) is 3.11. The number of aromatic nitrogens is 1. The summed E-state index contributed by atoms with van der Waals surface area (Å²) >= 11 is 0. The van der Waals surface area contributed by atoms with E-state index in [0.717, 1.165) is 11.4 Å². The van der Waals surface area contributed by atoms with Crippen LogP contribution in [0.15, 0.2) is 79.0 Å². The first-order valence-corrected chi connectivity index (χ1v) is 13.2. The highest BCUT2D eigenvalue weighted by atomic mass is 16.6. The number of pyridine rings is 1. The topological polar surface area (TPSA) is 129 Å². The Hall–Kier alpha value is -4.80. The number of para-hydroxylation sites is 1. The SMILES string of the molecule is O=C(CN1CN(c2ccccc2)C2(CCN(C(=O)c3ccc([N+](=O)[O-])cc3)CC2)C1=O)NCCc1ccccn1. The van der Waals surface area contributed by atoms with Gasteiger partial charge in [0.1, 0.15) is 12.1 Å². The number of likely N-dealkylation sites (tertiary alicyclic amines) is 1. The van der Waals surface area contributed by atoms with Gasteiger partial charge in [0.05, 0.1) is 11.6 Å². The second kappa shape index (κ2) is 11.5. The molecule has 2 fully saturated rings. The van der Waals surface area contributed by atoms with Gasteiger partial charge in [-0.1, -0.05) is 24.3 Å². The van der Waals surface area contributed by atoms with Crippen molar-refractivity contribution in [2.45, 2.75) is 24.8 Å². The number of amides is 3. The summed E-state index contributed by atoms with van der Waals surface area (Å²) in [5.74, 6) is -0.593. The average molecular weight is 543 g/mol. The Labute approximate surface area is 231 Å². The minimum atomic E-state index is -0.873. The van der Waals surface area contributed by atoms with Crippen LogP contribution in [-0.4, -0.2) is 75.8 Å². The quantitative estimate of drug-likeness (QED) is 0.342. The fourth-order valence-corrected chi connectivity index (χ4v) is 5.42. The van der Waals surface area contributed by atoms with E-state index in [1.165, 1.54) is 24.3 Å². The number of rotatable bonds is 8. The van der Waals surface area contributed by atoms with Crippen molar-refractivity contribution in [3.8, 4) is 0 Å². The molecule has 3 aromatic rings. The van der Waals surface area contributed by atoms with Crippen molar-refractivity contribution in [2.75, 3.05) is 37.7 Å². The standard InChI is InChI=1S/C29H30N6O5/c36-26(31-17-13-23-6-4-5-16-30-23)20-33-21-34(24-7-2-1-3-8-24)29(28(33)38)14-18-32(19-15-29)27(37)22-9-11-25(12-10-22)35(39)40/h1-12,16H,13-15,17-21H2,(H,31,36). The number of hydrogen-bond acceptors (Lipinski definition) is 7. The number of benzene rings is 2. The van der Waals surface area contributed by atoms with Crippen LogP contribution < -0.4 is 10.2 Å². The molecule has 2 aliphatic rings. The van der Waals surface area contributed by atoms with Crippen LogP contribution in [0.1, 0.15) is 28.9 Å². The Morgan fingerprint density at radius 1 is 0.975 bits per heavy atom. The molecule has 1 aromatic heterocycles. The Bertz CT molecular complexity index is 1380. The van der Waals surface area contributed by atoms with Crippen LogP contribution in [-0.2, 0) is 16.0 Å². The molecule has 0 saturated carbocycles. The molecule has 3 heterocycles. The molecule has 0 bridgehead atoms. The molecular formula is C29H30N6O5. The lowest BCUT2D eigenvalue weighted by Gasteiger charge is -2.43. The minimum absolute atomic E-state index is 0.0580. The Kier molecular flexibility index (Phi) is 7.72. The molecule has 2 saturated heterocycles. The highest BCUT2D eigenvalue weighted by Crippen LogP contribution is 2.39. The number of piperidine rings is 1. The van der Waals surface area contributed by atoms with Crippen LogP contribution in [0.3, 0.4) is 0 Å². The largest absolute Gasteiger partial charge is 0.354 e. The van der Waals surface area contributed by atoms with Crippen molar-refractivity contribution in [1.82, 2.24) is 20.1 Å². The summed E-state index contributed by atoms with van der Waals surface area (Å²) in [6.45, 7) is 1.32. The summed E-state index contributed by atoms with van der Waals surface area (Å²) in [4.78, 5) is 59.8. The summed E-state index contributed by atoms with van der Waals surface area (Å²) in [7, 11) is 0. The smallest absolute Gasteiger partial charge is 0.269 e. The van der Waals surface area contributed by atoms with Gasteiger partial charge in [-0.3, -0.25) is 29.5 Å². The fraction of sp³-hybridized carbons (Fsp3) is 0.310. The first-order chi connectivity index (χ1) is 19.4. The van der Waals surface area contributed by atoms with E-state index in [9.17, 15) is 24.5 Å². The van der Waals surface area contributed by atoms with Crippen molar-refractivity contribution in [3.05, 3.63) is 100 Å². The van der Waals surface area contributed by atoms with Crippen LogP contribution in [0.5, 0.6) is 0 Å². The number of non-ortho nitro benzene ring substituents is 1. The third kappa shape index (κ3) is 5.49. The van der Waals surface area contributed by atoms with Crippen LogP contribution >= 0.6 is 0 Å². The maximum absolute atomic E-state index is 13.9. The Morgan fingerprint density at radius 2 is 1.68 bits per heavy atom. The Balaban J connectivity index is 1.26. The summed E-state index contributed by atoms with van der Waals surface area (Å²) < 4.78 is 0. The predicted octanol–water partition coefficient (Wildman–Crippen LogP) is 2.63. The van der Waals surface area contributed by atoms with E-state index in [1.807, 2.05) is 53.4 Å². The van der Waals surface area contributed by atoms with Crippen LogP contribution in [0.25, 0.3) is 0 Å². The maximum Gasteiger partial charge on any atom is 0.269 e. The van der Waals surface area contributed by atoms with Crippen LogP contribution in [0.4, 0.5) is 11.4 Å². The number of carbonyl (C=O) groups excluding carboxylic acids is 3. The van der Waals surface area contributed by atoms with Gasteiger partial charge >= 0.3 is 0 Å². The lowest BCUT2D eigenvalue weighted by molar-refractivity contribution is -0.384. The highest BCUT2D eigenvalue weighted by molar-refractivity contribution is 5.97. The third-order valence-corrected chi connectivity index (χ3v) is 7.55. The van der Waals surface area contributed by atoms with Crippen molar-refractivity contribution in [2.24, 2.45) is 0 Å². The van der Waals surface area contributed by atoms with Gasteiger partial charge in [-0.05, 0) is 49.2 Å². The molecule has 2 aliphatic heterocycles. The molecule has 11 nitrogen and oxygen atoms in total. The van der Waals surface area contributed by atoms with E-state index in [4.69, 9.17) is 0 Å². The number of hydrogen-bond donors (Lipinski definition) is 1. The molecule has 40 heavy (non-hydrogen) atoms. The number of nitrogens with zero attached hydrogens (tertiary/aromatic N) is 5. The van der Waals surface area contributed by atoms with Crippen molar-refractivity contribution >= 4 is 29.1 Å². The molecule has 11 heteroatoms. The fourth-order valence-electron chi connectivity index (χ4n) is 5.42. The molecule has 1 spiro atoms. The van der Waals surface area contributed by atoms with E-state index >= 15 is 0 Å². The van der Waals surface area contributed by atoms with E-state index in [-0.39, 0.29) is 36.6 Å². The first-order valence-electron chi connectivity index (χ1n) is 13.2. The molecule has 0 radical (unpaired) electrons. The van der Waals surface area contributed by atoms with Crippen molar-refractivity contribution < 1.29 is 19.3 Å². The van der Waals surface area contributed by atoms with Gasteiger partial charge < -0.3 is 20.0 Å². The molecule has 2 aromatic carbocycles. The second-order valence-corrected chi connectivity index (χ2v) is 9.96. The zero-order chi connectivity index (χ0) is 28.1. The lowest BCUT2D eigenvalue weighted by Crippen LogP contribution is -2.57. The van der Waals surface area contributed by atoms with Gasteiger partial charge in [0.25, 0.3) is 17.5 Å². The monoisotopic (exact) mass is 542 g/mol. The summed E-state index contributed by atoms with van der Waals surface area (Å²) in [5.41, 5.74) is 1.17. The average Bonchev–Trinajstić information content (AvgIpc) is 3.24. The normalized spacial score (nSPS) is 16.3. The summed E-state index contributed by atoms with van der Waals surface area (Å²) in [5, 5.41) is 13.8. The van der Waals surface area contributed by atoms with E-state index in [0.29, 0.717) is 44.5 Å². The number of nitro benzene ring substituents is 1. The first kappa shape index (κ1) is 26.8. The molecule has 1 N–H and O–H groups in total. The van der Waals surface area contributed by atoms with Gasteiger partial charge in [0, 0.05) is 61.3 Å². The van der Waals surface area contributed by atoms with Crippen LogP contribution in [0.2, 0.25) is 0 Å². The molecule has 0 aliphatic carbocycles. The summed E-state index contributed by atoms with van der Waals surface area (Å²) in [6, 6.07) is 20.8. The zero-order valence-electron chi connectivity index (χ0n) is 21.9. The highest BCUT2D eigenvalue weighted by Gasteiger charge is 2.54. The zero-order valence-corrected chi connectivity index (χ0v) is 21.9. The van der Waals surface area contributed by atoms with E-state index < -0.39 is 10.5 Å². The lowest BCUT2D eigenvalue weighted by atomic mass is 9.85. The van der Waals surface area contributed by atoms with Crippen molar-refractivity contribution in [3.63, 3.8) is 0 Å². The predicted molar refractivity (Wildman–Crippen MR) is 147 cm³/mol. The molecule has 206 valence electrons. The minimum Gasteiger partial charge on any atom is -0.354 e. The third-order valence-electron chi connectivity index (χ3n) is 7.55. The molecule has 3 amide bonds. The van der Waals surface area contributed by atoms with Gasteiger partial charge in [0.15, 0.2) is 0 Å². The number of anilines is 1. The van der Waals surface area contributed by atoms with Crippen LogP contribution in [0, 0.1) is 10.1 Å². The van der Waals surface area contributed by atoms with Gasteiger partial charge in [-0.25, -0.2) is 0 Å². The van der Waals surface area contributed by atoms with Crippen molar-refractivity contribution in [1.29, 1.82) is 0 Å². The number of nitrogens with one attached hydrogen (secondary N) is 1. The van der Waals surface area contributed by atoms with Gasteiger partial charge in [-0.2, -0.15) is 0 Å². The van der Waals surface area contributed by atoms with Gasteiger partial charge in [0.2, 0.25) is 5.91 Å². The van der Waals surface area contributed by atoms with E-state index in [1.54, 1.807) is 16.0 Å². The van der Waals surface area contributed by atoms with E-state index in [2.05, 4.69) is 10.3 Å². The molecular weight excluding hydrogens is 512 g/mol. The molecule has 5 rings (SSSR count).